The molecule has 0 aromatic heterocycles. The molecule has 1 aromatic carbocycles. The maximum absolute atomic E-state index is 12.5. The molecule has 1 amide bonds. The number of anilines is 1. The van der Waals surface area contributed by atoms with Gasteiger partial charge < -0.3 is 11.1 Å². The largest absolute Gasteiger partial charge is 0.329 e. The van der Waals surface area contributed by atoms with E-state index < -0.39 is 0 Å². The lowest BCUT2D eigenvalue weighted by Gasteiger charge is -2.34. The second kappa shape index (κ2) is 6.44. The number of carbonyl (C=O) groups is 1. The number of amides is 1. The third-order valence-corrected chi connectivity index (χ3v) is 4.77. The molecule has 1 aromatic rings. The number of nitrogens with one attached hydrogen (secondary N) is 1. The molecule has 1 saturated carbocycles. The van der Waals surface area contributed by atoms with Crippen molar-refractivity contribution in [2.45, 2.75) is 37.0 Å². The fourth-order valence-electron chi connectivity index (χ4n) is 2.69. The molecular formula is C15H22N2OS. The van der Waals surface area contributed by atoms with Crippen LogP contribution in [-0.4, -0.2) is 18.7 Å². The van der Waals surface area contributed by atoms with E-state index in [1.807, 2.05) is 30.5 Å². The summed E-state index contributed by atoms with van der Waals surface area (Å²) in [6.07, 6.45) is 7.30. The van der Waals surface area contributed by atoms with Gasteiger partial charge in [-0.3, -0.25) is 4.79 Å². The molecule has 1 aliphatic rings. The van der Waals surface area contributed by atoms with Crippen molar-refractivity contribution in [3.63, 3.8) is 0 Å². The molecule has 3 nitrogen and oxygen atoms in total. The van der Waals surface area contributed by atoms with Gasteiger partial charge >= 0.3 is 0 Å². The smallest absolute Gasteiger partial charge is 0.231 e. The lowest BCUT2D eigenvalue weighted by Crippen LogP contribution is -2.43. The number of rotatable bonds is 4. The van der Waals surface area contributed by atoms with Gasteiger partial charge in [-0.1, -0.05) is 19.3 Å². The van der Waals surface area contributed by atoms with E-state index in [9.17, 15) is 4.79 Å². The third kappa shape index (κ3) is 3.31. The van der Waals surface area contributed by atoms with Gasteiger partial charge in [0.1, 0.15) is 0 Å². The summed E-state index contributed by atoms with van der Waals surface area (Å²) in [6.45, 7) is 0.446. The lowest BCUT2D eigenvalue weighted by molar-refractivity contribution is -0.126. The molecular weight excluding hydrogens is 256 g/mol. The van der Waals surface area contributed by atoms with Crippen molar-refractivity contribution in [1.29, 1.82) is 0 Å². The molecule has 0 aliphatic heterocycles. The molecule has 0 radical (unpaired) electrons. The van der Waals surface area contributed by atoms with Gasteiger partial charge in [0.15, 0.2) is 0 Å². The Morgan fingerprint density at radius 3 is 2.42 bits per heavy atom. The van der Waals surface area contributed by atoms with Gasteiger partial charge in [-0.25, -0.2) is 0 Å². The van der Waals surface area contributed by atoms with Crippen LogP contribution in [0.15, 0.2) is 29.2 Å². The van der Waals surface area contributed by atoms with E-state index in [1.165, 1.54) is 11.3 Å². The van der Waals surface area contributed by atoms with Gasteiger partial charge in [0.25, 0.3) is 0 Å². The molecule has 0 bridgehead atoms. The number of benzene rings is 1. The maximum atomic E-state index is 12.5. The molecule has 0 saturated heterocycles. The Labute approximate surface area is 119 Å². The summed E-state index contributed by atoms with van der Waals surface area (Å²) >= 11 is 1.70. The Bertz CT molecular complexity index is 424. The first-order valence-electron chi connectivity index (χ1n) is 6.86. The molecule has 1 aliphatic carbocycles. The van der Waals surface area contributed by atoms with Crippen LogP contribution in [0.25, 0.3) is 0 Å². The molecule has 0 unspecified atom stereocenters. The zero-order chi connectivity index (χ0) is 13.7. The lowest BCUT2D eigenvalue weighted by atomic mass is 9.73. The van der Waals surface area contributed by atoms with Crippen LogP contribution in [0.4, 0.5) is 5.69 Å². The van der Waals surface area contributed by atoms with Crippen LogP contribution >= 0.6 is 11.8 Å². The number of carbonyl (C=O) groups excluding carboxylic acids is 1. The predicted molar refractivity (Wildman–Crippen MR) is 81.4 cm³/mol. The molecule has 4 heteroatoms. The van der Waals surface area contributed by atoms with Crippen LogP contribution in [0.1, 0.15) is 32.1 Å². The predicted octanol–water partition coefficient (Wildman–Crippen LogP) is 3.26. The van der Waals surface area contributed by atoms with Crippen molar-refractivity contribution < 1.29 is 4.79 Å². The fourth-order valence-corrected chi connectivity index (χ4v) is 3.10. The zero-order valence-electron chi connectivity index (χ0n) is 11.4. The van der Waals surface area contributed by atoms with Crippen LogP contribution < -0.4 is 11.1 Å². The summed E-state index contributed by atoms with van der Waals surface area (Å²) in [6, 6.07) is 7.96. The molecule has 0 atom stereocenters. The second-order valence-corrected chi connectivity index (χ2v) is 6.11. The monoisotopic (exact) mass is 278 g/mol. The van der Waals surface area contributed by atoms with E-state index in [0.29, 0.717) is 6.54 Å². The number of thioether (sulfide) groups is 1. The van der Waals surface area contributed by atoms with Crippen molar-refractivity contribution in [3.05, 3.63) is 24.3 Å². The number of nitrogens with two attached hydrogens (primary N) is 1. The number of hydrogen-bond acceptors (Lipinski definition) is 3. The van der Waals surface area contributed by atoms with E-state index >= 15 is 0 Å². The van der Waals surface area contributed by atoms with Crippen molar-refractivity contribution in [2.24, 2.45) is 11.1 Å². The third-order valence-electron chi connectivity index (χ3n) is 4.03. The molecule has 0 spiro atoms. The normalized spacial score (nSPS) is 18.0. The zero-order valence-corrected chi connectivity index (χ0v) is 12.3. The van der Waals surface area contributed by atoms with Crippen LogP contribution in [0.5, 0.6) is 0 Å². The first-order chi connectivity index (χ1) is 9.20. The average molecular weight is 278 g/mol. The Balaban J connectivity index is 2.05. The maximum Gasteiger partial charge on any atom is 0.231 e. The molecule has 3 N–H and O–H groups in total. The van der Waals surface area contributed by atoms with E-state index in [1.54, 1.807) is 11.8 Å². The Kier molecular flexibility index (Phi) is 4.88. The first kappa shape index (κ1) is 14.4. The molecule has 1 fully saturated rings. The van der Waals surface area contributed by atoms with Crippen molar-refractivity contribution in [3.8, 4) is 0 Å². The topological polar surface area (TPSA) is 55.1 Å². The molecule has 2 rings (SSSR count). The van der Waals surface area contributed by atoms with Gasteiger partial charge in [0, 0.05) is 17.1 Å². The molecule has 104 valence electrons. The Hall–Kier alpha value is -1.00. The van der Waals surface area contributed by atoms with E-state index in [-0.39, 0.29) is 11.3 Å². The highest BCUT2D eigenvalue weighted by Crippen LogP contribution is 2.36. The summed E-state index contributed by atoms with van der Waals surface area (Å²) in [5, 5.41) is 3.03. The highest BCUT2D eigenvalue weighted by atomic mass is 32.2. The second-order valence-electron chi connectivity index (χ2n) is 5.23. The van der Waals surface area contributed by atoms with Gasteiger partial charge in [-0.05, 0) is 43.4 Å². The SMILES string of the molecule is CSc1ccc(NC(=O)C2(CN)CCCCC2)cc1. The van der Waals surface area contributed by atoms with Crippen molar-refractivity contribution in [1.82, 2.24) is 0 Å². The summed E-state index contributed by atoms with van der Waals surface area (Å²) in [5.74, 6) is 0.0894. The first-order valence-corrected chi connectivity index (χ1v) is 8.08. The van der Waals surface area contributed by atoms with Crippen LogP contribution in [0.2, 0.25) is 0 Å². The van der Waals surface area contributed by atoms with Crippen LogP contribution in [0, 0.1) is 5.41 Å². The summed E-state index contributed by atoms with van der Waals surface area (Å²) in [7, 11) is 0. The summed E-state index contributed by atoms with van der Waals surface area (Å²) in [4.78, 5) is 13.7. The number of hydrogen-bond donors (Lipinski definition) is 2. The van der Waals surface area contributed by atoms with Gasteiger partial charge in [-0.2, -0.15) is 0 Å². The standard InChI is InChI=1S/C15H22N2OS/c1-19-13-7-5-12(6-8-13)17-14(18)15(11-16)9-3-2-4-10-15/h5-8H,2-4,9-11,16H2,1H3,(H,17,18). The quantitative estimate of drug-likeness (QED) is 0.831. The van der Waals surface area contributed by atoms with Crippen LogP contribution in [0.3, 0.4) is 0 Å². The van der Waals surface area contributed by atoms with Gasteiger partial charge in [0.05, 0.1) is 5.41 Å². The molecule has 19 heavy (non-hydrogen) atoms. The van der Waals surface area contributed by atoms with E-state index in [2.05, 4.69) is 5.32 Å². The minimum Gasteiger partial charge on any atom is -0.329 e. The van der Waals surface area contributed by atoms with Gasteiger partial charge in [0.2, 0.25) is 5.91 Å². The van der Waals surface area contributed by atoms with Crippen molar-refractivity contribution in [2.75, 3.05) is 18.1 Å². The Morgan fingerprint density at radius 2 is 1.89 bits per heavy atom. The minimum atomic E-state index is -0.351. The van der Waals surface area contributed by atoms with E-state index in [4.69, 9.17) is 5.73 Å². The summed E-state index contributed by atoms with van der Waals surface area (Å²) < 4.78 is 0. The summed E-state index contributed by atoms with van der Waals surface area (Å²) in [5.41, 5.74) is 6.39. The Morgan fingerprint density at radius 1 is 1.26 bits per heavy atom. The van der Waals surface area contributed by atoms with Crippen molar-refractivity contribution >= 4 is 23.4 Å². The van der Waals surface area contributed by atoms with E-state index in [0.717, 1.165) is 31.4 Å². The van der Waals surface area contributed by atoms with Crippen LogP contribution in [-0.2, 0) is 4.79 Å². The molecule has 0 heterocycles. The average Bonchev–Trinajstić information content (AvgIpc) is 2.48. The fraction of sp³-hybridized carbons (Fsp3) is 0.533. The highest BCUT2D eigenvalue weighted by Gasteiger charge is 2.38. The van der Waals surface area contributed by atoms with Gasteiger partial charge in [-0.15, -0.1) is 11.8 Å². The minimum absolute atomic E-state index is 0.0894. The highest BCUT2D eigenvalue weighted by molar-refractivity contribution is 7.98.